The fraction of sp³-hybridized carbons (Fsp3) is 0.417. The first kappa shape index (κ1) is 21.7. The summed E-state index contributed by atoms with van der Waals surface area (Å²) in [7, 11) is 0. The lowest BCUT2D eigenvalue weighted by Gasteiger charge is -2.31. The van der Waals surface area contributed by atoms with Crippen molar-refractivity contribution in [3.05, 3.63) is 71.8 Å². The van der Waals surface area contributed by atoms with E-state index < -0.39 is 6.04 Å². The highest BCUT2D eigenvalue weighted by atomic mass is 16.2. The van der Waals surface area contributed by atoms with Crippen LogP contribution in [0, 0.1) is 0 Å². The van der Waals surface area contributed by atoms with Gasteiger partial charge in [0.15, 0.2) is 0 Å². The van der Waals surface area contributed by atoms with E-state index in [1.54, 1.807) is 4.90 Å². The fourth-order valence-electron chi connectivity index (χ4n) is 3.25. The van der Waals surface area contributed by atoms with Crippen LogP contribution in [-0.2, 0) is 16.1 Å². The molecular formula is C24H32N2O2. The zero-order valence-corrected chi connectivity index (χ0v) is 17.1. The van der Waals surface area contributed by atoms with Crippen LogP contribution >= 0.6 is 0 Å². The van der Waals surface area contributed by atoms with Crippen LogP contribution in [0.1, 0.15) is 63.1 Å². The number of nitrogens with one attached hydrogen (secondary N) is 1. The summed E-state index contributed by atoms with van der Waals surface area (Å²) in [6, 6.07) is 18.8. The zero-order valence-electron chi connectivity index (χ0n) is 17.1. The molecule has 2 rings (SSSR count). The van der Waals surface area contributed by atoms with E-state index in [2.05, 4.69) is 12.2 Å². The van der Waals surface area contributed by atoms with Gasteiger partial charge in [-0.15, -0.1) is 0 Å². The summed E-state index contributed by atoms with van der Waals surface area (Å²) in [5.74, 6) is -0.105. The van der Waals surface area contributed by atoms with Gasteiger partial charge in [-0.25, -0.2) is 0 Å². The van der Waals surface area contributed by atoms with Gasteiger partial charge in [0.25, 0.3) is 0 Å². The average Bonchev–Trinajstić information content (AvgIpc) is 2.72. The molecule has 2 aromatic carbocycles. The Hall–Kier alpha value is -2.62. The molecule has 150 valence electrons. The van der Waals surface area contributed by atoms with E-state index in [0.29, 0.717) is 19.5 Å². The first-order valence-corrected chi connectivity index (χ1v) is 10.3. The summed E-state index contributed by atoms with van der Waals surface area (Å²) >= 11 is 0. The summed E-state index contributed by atoms with van der Waals surface area (Å²) in [6.07, 6.45) is 4.32. The Morgan fingerprint density at radius 1 is 0.893 bits per heavy atom. The van der Waals surface area contributed by atoms with Crippen molar-refractivity contribution in [1.29, 1.82) is 0 Å². The molecule has 0 aliphatic carbocycles. The summed E-state index contributed by atoms with van der Waals surface area (Å²) in [5, 5.41) is 3.05. The van der Waals surface area contributed by atoms with Gasteiger partial charge in [0.2, 0.25) is 11.8 Å². The SMILES string of the molecule is CCCCCNC(=O)[C@H](c1ccccc1)N(Cc1ccccc1)C(=O)CCC. The van der Waals surface area contributed by atoms with Crippen LogP contribution in [0.25, 0.3) is 0 Å². The number of amides is 2. The van der Waals surface area contributed by atoms with E-state index in [0.717, 1.165) is 36.8 Å². The maximum absolute atomic E-state index is 13.1. The van der Waals surface area contributed by atoms with E-state index in [1.165, 1.54) is 0 Å². The van der Waals surface area contributed by atoms with Gasteiger partial charge >= 0.3 is 0 Å². The number of benzene rings is 2. The molecule has 1 N–H and O–H groups in total. The van der Waals surface area contributed by atoms with Gasteiger partial charge in [0.1, 0.15) is 6.04 Å². The third kappa shape index (κ3) is 6.52. The molecule has 2 aromatic rings. The minimum atomic E-state index is -0.623. The highest BCUT2D eigenvalue weighted by Crippen LogP contribution is 2.25. The van der Waals surface area contributed by atoms with Crippen LogP contribution < -0.4 is 5.32 Å². The maximum Gasteiger partial charge on any atom is 0.247 e. The van der Waals surface area contributed by atoms with Gasteiger partial charge in [-0.2, -0.15) is 0 Å². The molecule has 0 saturated heterocycles. The average molecular weight is 381 g/mol. The lowest BCUT2D eigenvalue weighted by atomic mass is 10.0. The molecule has 0 radical (unpaired) electrons. The third-order valence-electron chi connectivity index (χ3n) is 4.73. The molecule has 4 nitrogen and oxygen atoms in total. The molecule has 1 atom stereocenters. The van der Waals surface area contributed by atoms with Crippen molar-refractivity contribution < 1.29 is 9.59 Å². The van der Waals surface area contributed by atoms with Gasteiger partial charge in [-0.05, 0) is 24.0 Å². The standard InChI is InChI=1S/C24H32N2O2/c1-3-5-12-18-25-24(28)23(21-16-10-7-11-17-21)26(22(27)13-4-2)19-20-14-8-6-9-15-20/h6-11,14-17,23H,3-5,12-13,18-19H2,1-2H3,(H,25,28)/t23-/m0/s1. The number of rotatable bonds is 11. The fourth-order valence-corrected chi connectivity index (χ4v) is 3.25. The van der Waals surface area contributed by atoms with E-state index in [9.17, 15) is 9.59 Å². The van der Waals surface area contributed by atoms with Crippen LogP contribution in [0.5, 0.6) is 0 Å². The van der Waals surface area contributed by atoms with Crippen LogP contribution in [0.15, 0.2) is 60.7 Å². The topological polar surface area (TPSA) is 49.4 Å². The molecule has 0 aliphatic heterocycles. The van der Waals surface area contributed by atoms with Gasteiger partial charge in [0, 0.05) is 19.5 Å². The molecule has 0 bridgehead atoms. The number of carbonyl (C=O) groups is 2. The predicted octanol–water partition coefficient (Wildman–Crippen LogP) is 4.86. The van der Waals surface area contributed by atoms with Crippen LogP contribution in [0.3, 0.4) is 0 Å². The van der Waals surface area contributed by atoms with Crippen molar-refractivity contribution in [2.45, 2.75) is 58.5 Å². The molecular weight excluding hydrogens is 348 g/mol. The molecule has 0 saturated carbocycles. The highest BCUT2D eigenvalue weighted by molar-refractivity contribution is 5.88. The second-order valence-corrected chi connectivity index (χ2v) is 7.07. The Balaban J connectivity index is 2.31. The van der Waals surface area contributed by atoms with E-state index >= 15 is 0 Å². The molecule has 0 heterocycles. The molecule has 0 aliphatic rings. The maximum atomic E-state index is 13.1. The Kier molecular flexibility index (Phi) is 9.26. The second-order valence-electron chi connectivity index (χ2n) is 7.07. The van der Waals surface area contributed by atoms with E-state index in [4.69, 9.17) is 0 Å². The number of nitrogens with zero attached hydrogens (tertiary/aromatic N) is 1. The molecule has 0 unspecified atom stereocenters. The van der Waals surface area contributed by atoms with Gasteiger partial charge in [0.05, 0.1) is 0 Å². The Bertz CT molecular complexity index is 716. The van der Waals surface area contributed by atoms with Crippen LogP contribution in [0.4, 0.5) is 0 Å². The zero-order chi connectivity index (χ0) is 20.2. The lowest BCUT2D eigenvalue weighted by Crippen LogP contribution is -2.43. The second kappa shape index (κ2) is 12.0. The van der Waals surface area contributed by atoms with Crippen molar-refractivity contribution in [1.82, 2.24) is 10.2 Å². The summed E-state index contributed by atoms with van der Waals surface area (Å²) < 4.78 is 0. The van der Waals surface area contributed by atoms with Gasteiger partial charge < -0.3 is 10.2 Å². The first-order chi connectivity index (χ1) is 13.7. The minimum absolute atomic E-state index is 0.00362. The molecule has 4 heteroatoms. The molecule has 28 heavy (non-hydrogen) atoms. The molecule has 0 fully saturated rings. The molecule has 0 aromatic heterocycles. The Morgan fingerprint density at radius 3 is 2.14 bits per heavy atom. The van der Waals surface area contributed by atoms with Crippen LogP contribution in [0.2, 0.25) is 0 Å². The summed E-state index contributed by atoms with van der Waals surface area (Å²) in [4.78, 5) is 27.9. The van der Waals surface area contributed by atoms with Crippen molar-refractivity contribution in [3.63, 3.8) is 0 Å². The molecule has 2 amide bonds. The summed E-state index contributed by atoms with van der Waals surface area (Å²) in [5.41, 5.74) is 1.86. The highest BCUT2D eigenvalue weighted by Gasteiger charge is 2.30. The predicted molar refractivity (Wildman–Crippen MR) is 114 cm³/mol. The van der Waals surface area contributed by atoms with Crippen molar-refractivity contribution in [2.75, 3.05) is 6.54 Å². The van der Waals surface area contributed by atoms with Gasteiger partial charge in [-0.3, -0.25) is 9.59 Å². The first-order valence-electron chi connectivity index (χ1n) is 10.3. The Morgan fingerprint density at radius 2 is 1.54 bits per heavy atom. The van der Waals surface area contributed by atoms with Gasteiger partial charge in [-0.1, -0.05) is 87.4 Å². The number of hydrogen-bond donors (Lipinski definition) is 1. The van der Waals surface area contributed by atoms with Crippen molar-refractivity contribution in [3.8, 4) is 0 Å². The number of unbranched alkanes of at least 4 members (excludes halogenated alkanes) is 2. The largest absolute Gasteiger partial charge is 0.354 e. The van der Waals surface area contributed by atoms with E-state index in [-0.39, 0.29) is 11.8 Å². The summed E-state index contributed by atoms with van der Waals surface area (Å²) in [6.45, 7) is 5.18. The minimum Gasteiger partial charge on any atom is -0.354 e. The van der Waals surface area contributed by atoms with Crippen LogP contribution in [-0.4, -0.2) is 23.3 Å². The quantitative estimate of drug-likeness (QED) is 0.566. The van der Waals surface area contributed by atoms with Crippen molar-refractivity contribution >= 4 is 11.8 Å². The monoisotopic (exact) mass is 380 g/mol. The van der Waals surface area contributed by atoms with E-state index in [1.807, 2.05) is 67.6 Å². The normalized spacial score (nSPS) is 11.6. The smallest absolute Gasteiger partial charge is 0.247 e. The number of carbonyl (C=O) groups excluding carboxylic acids is 2. The third-order valence-corrected chi connectivity index (χ3v) is 4.73. The Labute approximate surface area is 169 Å². The number of hydrogen-bond acceptors (Lipinski definition) is 2. The lowest BCUT2D eigenvalue weighted by molar-refractivity contribution is -0.141. The molecule has 0 spiro atoms. The van der Waals surface area contributed by atoms with Crippen molar-refractivity contribution in [2.24, 2.45) is 0 Å².